The molecule has 1 aromatic heterocycles. The third-order valence-electron chi connectivity index (χ3n) is 5.99. The molecule has 1 saturated heterocycles. The van der Waals surface area contributed by atoms with Crippen molar-refractivity contribution in [3.8, 4) is 0 Å². The second kappa shape index (κ2) is 10.6. The number of anilines is 1. The van der Waals surface area contributed by atoms with Gasteiger partial charge in [0.1, 0.15) is 0 Å². The second-order valence-corrected chi connectivity index (χ2v) is 9.78. The van der Waals surface area contributed by atoms with Crippen LogP contribution in [0.3, 0.4) is 0 Å². The van der Waals surface area contributed by atoms with Crippen LogP contribution in [0.2, 0.25) is 0 Å². The Hall–Kier alpha value is -2.47. The fourth-order valence-electron chi connectivity index (χ4n) is 3.82. The van der Waals surface area contributed by atoms with E-state index in [1.165, 1.54) is 40.5 Å². The van der Waals surface area contributed by atoms with Crippen molar-refractivity contribution < 1.29 is 22.7 Å². The van der Waals surface area contributed by atoms with Gasteiger partial charge in [-0.15, -0.1) is 0 Å². The number of hydrogen-bond acceptors (Lipinski definition) is 7. The number of benzene rings is 1. The monoisotopic (exact) mass is 479 g/mol. The third-order valence-corrected chi connectivity index (χ3v) is 7.83. The quantitative estimate of drug-likeness (QED) is 0.542. The predicted molar refractivity (Wildman–Crippen MR) is 125 cm³/mol. The van der Waals surface area contributed by atoms with Crippen LogP contribution in [-0.4, -0.2) is 81.6 Å². The highest BCUT2D eigenvalue weighted by Crippen LogP contribution is 2.26. The first-order valence-corrected chi connectivity index (χ1v) is 12.4. The standard InChI is InChI=1S/C22H33N5O5S/c1-6-26-15-18(21(28)23-14-20(31-4)32-5)22(24-26)33(29,30)27-12-10-25(11-13-27)19-9-7-8-16(2)17(19)3/h7-9,15,20H,6,10-14H2,1-5H3,(H,23,28). The highest BCUT2D eigenvalue weighted by molar-refractivity contribution is 7.89. The zero-order valence-corrected chi connectivity index (χ0v) is 20.7. The molecule has 1 aliphatic heterocycles. The summed E-state index contributed by atoms with van der Waals surface area (Å²) in [6.45, 7) is 8.24. The molecule has 182 valence electrons. The van der Waals surface area contributed by atoms with E-state index in [-0.39, 0.29) is 17.1 Å². The fourth-order valence-corrected chi connectivity index (χ4v) is 5.34. The van der Waals surface area contributed by atoms with Crippen molar-refractivity contribution in [3.05, 3.63) is 41.1 Å². The largest absolute Gasteiger partial charge is 0.369 e. The first kappa shape index (κ1) is 25.2. The van der Waals surface area contributed by atoms with Crippen molar-refractivity contribution in [1.29, 1.82) is 0 Å². The minimum absolute atomic E-state index is 0.0137. The highest BCUT2D eigenvalue weighted by Gasteiger charge is 2.35. The van der Waals surface area contributed by atoms with Crippen LogP contribution >= 0.6 is 0 Å². The van der Waals surface area contributed by atoms with E-state index in [0.29, 0.717) is 32.7 Å². The Morgan fingerprint density at radius 1 is 1.15 bits per heavy atom. The van der Waals surface area contributed by atoms with Crippen molar-refractivity contribution in [2.45, 2.75) is 38.6 Å². The van der Waals surface area contributed by atoms with E-state index in [4.69, 9.17) is 9.47 Å². The number of piperazine rings is 1. The summed E-state index contributed by atoms with van der Waals surface area (Å²) in [6, 6.07) is 6.14. The number of nitrogens with zero attached hydrogens (tertiary/aromatic N) is 4. The van der Waals surface area contributed by atoms with Gasteiger partial charge in [0.2, 0.25) is 5.03 Å². The minimum Gasteiger partial charge on any atom is -0.369 e. The van der Waals surface area contributed by atoms with Gasteiger partial charge < -0.3 is 19.7 Å². The maximum absolute atomic E-state index is 13.5. The van der Waals surface area contributed by atoms with Gasteiger partial charge in [-0.3, -0.25) is 9.48 Å². The van der Waals surface area contributed by atoms with Crippen LogP contribution in [0, 0.1) is 13.8 Å². The van der Waals surface area contributed by atoms with Crippen LogP contribution in [-0.2, 0) is 26.0 Å². The van der Waals surface area contributed by atoms with Crippen molar-refractivity contribution in [2.75, 3.05) is 51.8 Å². The van der Waals surface area contributed by atoms with E-state index in [1.54, 1.807) is 0 Å². The summed E-state index contributed by atoms with van der Waals surface area (Å²) in [7, 11) is -1.03. The Kier molecular flexibility index (Phi) is 8.11. The van der Waals surface area contributed by atoms with Crippen molar-refractivity contribution in [2.24, 2.45) is 0 Å². The highest BCUT2D eigenvalue weighted by atomic mass is 32.2. The molecular weight excluding hydrogens is 446 g/mol. The van der Waals surface area contributed by atoms with E-state index >= 15 is 0 Å². The van der Waals surface area contributed by atoms with Gasteiger partial charge in [0.15, 0.2) is 6.29 Å². The third kappa shape index (κ3) is 5.37. The molecule has 33 heavy (non-hydrogen) atoms. The maximum Gasteiger partial charge on any atom is 0.263 e. The lowest BCUT2D eigenvalue weighted by atomic mass is 10.1. The number of carbonyl (C=O) groups is 1. The smallest absolute Gasteiger partial charge is 0.263 e. The van der Waals surface area contributed by atoms with Gasteiger partial charge >= 0.3 is 0 Å². The topological polar surface area (TPSA) is 106 Å². The van der Waals surface area contributed by atoms with Crippen LogP contribution in [0.1, 0.15) is 28.4 Å². The van der Waals surface area contributed by atoms with Gasteiger partial charge in [-0.2, -0.15) is 9.40 Å². The molecule has 0 radical (unpaired) electrons. The first-order valence-electron chi connectivity index (χ1n) is 11.0. The number of carbonyl (C=O) groups excluding carboxylic acids is 1. The lowest BCUT2D eigenvalue weighted by molar-refractivity contribution is -0.0974. The molecule has 10 nitrogen and oxygen atoms in total. The molecule has 1 aliphatic rings. The molecule has 2 aromatic rings. The van der Waals surface area contributed by atoms with Gasteiger partial charge in [0.05, 0.1) is 12.1 Å². The van der Waals surface area contributed by atoms with Crippen LogP contribution in [0.25, 0.3) is 0 Å². The number of aromatic nitrogens is 2. The average Bonchev–Trinajstić information content (AvgIpc) is 3.27. The number of hydrogen-bond donors (Lipinski definition) is 1. The van der Waals surface area contributed by atoms with Crippen LogP contribution in [0.5, 0.6) is 0 Å². The molecule has 2 heterocycles. The van der Waals surface area contributed by atoms with Crippen LogP contribution < -0.4 is 10.2 Å². The Labute approximate surface area is 195 Å². The van der Waals surface area contributed by atoms with Gasteiger partial charge in [-0.05, 0) is 38.0 Å². The Balaban J connectivity index is 1.78. The van der Waals surface area contributed by atoms with E-state index in [9.17, 15) is 13.2 Å². The molecule has 1 amide bonds. The van der Waals surface area contributed by atoms with E-state index in [2.05, 4.69) is 41.3 Å². The summed E-state index contributed by atoms with van der Waals surface area (Å²) in [6.07, 6.45) is 0.830. The molecule has 1 N–H and O–H groups in total. The molecule has 0 spiro atoms. The molecule has 3 rings (SSSR count). The average molecular weight is 480 g/mol. The number of nitrogens with one attached hydrogen (secondary N) is 1. The first-order chi connectivity index (χ1) is 15.7. The Morgan fingerprint density at radius 2 is 1.82 bits per heavy atom. The summed E-state index contributed by atoms with van der Waals surface area (Å²) in [5, 5.41) is 6.65. The Bertz CT molecular complexity index is 1070. The molecule has 11 heteroatoms. The molecule has 0 bridgehead atoms. The molecule has 1 fully saturated rings. The number of sulfonamides is 1. The number of ether oxygens (including phenoxy) is 2. The summed E-state index contributed by atoms with van der Waals surface area (Å²) in [4.78, 5) is 15.0. The number of rotatable bonds is 9. The molecular formula is C22H33N5O5S. The molecule has 0 atom stereocenters. The Morgan fingerprint density at radius 3 is 2.42 bits per heavy atom. The second-order valence-electron chi connectivity index (χ2n) is 7.92. The lowest BCUT2D eigenvalue weighted by Crippen LogP contribution is -2.49. The van der Waals surface area contributed by atoms with Gasteiger partial charge in [-0.1, -0.05) is 12.1 Å². The fraction of sp³-hybridized carbons (Fsp3) is 0.545. The minimum atomic E-state index is -3.95. The zero-order chi connectivity index (χ0) is 24.2. The molecule has 0 aliphatic carbocycles. The van der Waals surface area contributed by atoms with Crippen LogP contribution in [0.15, 0.2) is 29.4 Å². The summed E-state index contributed by atoms with van der Waals surface area (Å²) < 4.78 is 39.9. The zero-order valence-electron chi connectivity index (χ0n) is 19.9. The lowest BCUT2D eigenvalue weighted by Gasteiger charge is -2.36. The maximum atomic E-state index is 13.5. The molecule has 0 unspecified atom stereocenters. The van der Waals surface area contributed by atoms with Crippen molar-refractivity contribution >= 4 is 21.6 Å². The number of amides is 1. The van der Waals surface area contributed by atoms with Gasteiger partial charge in [0, 0.05) is 58.8 Å². The van der Waals surface area contributed by atoms with Gasteiger partial charge in [0.25, 0.3) is 15.9 Å². The normalized spacial score (nSPS) is 15.3. The van der Waals surface area contributed by atoms with Gasteiger partial charge in [-0.25, -0.2) is 8.42 Å². The van der Waals surface area contributed by atoms with E-state index in [0.717, 1.165) is 5.69 Å². The number of methoxy groups -OCH3 is 2. The van der Waals surface area contributed by atoms with Crippen molar-refractivity contribution in [3.63, 3.8) is 0 Å². The molecule has 0 saturated carbocycles. The van der Waals surface area contributed by atoms with E-state index < -0.39 is 22.2 Å². The number of aryl methyl sites for hydroxylation is 2. The predicted octanol–water partition coefficient (Wildman–Crippen LogP) is 1.38. The SMILES string of the molecule is CCn1cc(C(=O)NCC(OC)OC)c(S(=O)(=O)N2CCN(c3cccc(C)c3C)CC2)n1. The summed E-state index contributed by atoms with van der Waals surface area (Å²) in [5.74, 6) is -0.540. The van der Waals surface area contributed by atoms with Crippen LogP contribution in [0.4, 0.5) is 5.69 Å². The summed E-state index contributed by atoms with van der Waals surface area (Å²) >= 11 is 0. The van der Waals surface area contributed by atoms with E-state index in [1.807, 2.05) is 13.0 Å². The van der Waals surface area contributed by atoms with Crippen molar-refractivity contribution in [1.82, 2.24) is 19.4 Å². The summed E-state index contributed by atoms with van der Waals surface area (Å²) in [5.41, 5.74) is 3.53. The molecule has 1 aromatic carbocycles.